The molecule has 4 heteroatoms. The van der Waals surface area contributed by atoms with Crippen LogP contribution in [0, 0.1) is 18.3 Å². The van der Waals surface area contributed by atoms with Crippen LogP contribution in [0.4, 0.5) is 11.8 Å². The van der Waals surface area contributed by atoms with Crippen LogP contribution in [-0.4, -0.2) is 23.6 Å². The van der Waals surface area contributed by atoms with Gasteiger partial charge in [-0.15, -0.1) is 0 Å². The van der Waals surface area contributed by atoms with Crippen molar-refractivity contribution in [3.8, 4) is 0 Å². The summed E-state index contributed by atoms with van der Waals surface area (Å²) in [6.45, 7) is 7.75. The van der Waals surface area contributed by atoms with Crippen LogP contribution >= 0.6 is 0 Å². The van der Waals surface area contributed by atoms with Crippen LogP contribution in [0.25, 0.3) is 0 Å². The minimum absolute atomic E-state index is 0.464. The third-order valence-electron chi connectivity index (χ3n) is 4.33. The zero-order valence-corrected chi connectivity index (χ0v) is 13.3. The van der Waals surface area contributed by atoms with Crippen molar-refractivity contribution in [2.75, 3.05) is 24.2 Å². The molecule has 0 amide bonds. The van der Waals surface area contributed by atoms with E-state index >= 15 is 0 Å². The highest BCUT2D eigenvalue weighted by Gasteiger charge is 2.34. The molecule has 4 nitrogen and oxygen atoms in total. The molecule has 20 heavy (non-hydrogen) atoms. The lowest BCUT2D eigenvalue weighted by Gasteiger charge is -2.31. The van der Waals surface area contributed by atoms with Gasteiger partial charge in [0, 0.05) is 25.4 Å². The summed E-state index contributed by atoms with van der Waals surface area (Å²) < 4.78 is 0. The molecule has 1 aromatic rings. The van der Waals surface area contributed by atoms with Crippen LogP contribution in [-0.2, 0) is 0 Å². The summed E-state index contributed by atoms with van der Waals surface area (Å²) >= 11 is 0. The Labute approximate surface area is 122 Å². The van der Waals surface area contributed by atoms with E-state index in [9.17, 15) is 0 Å². The van der Waals surface area contributed by atoms with Gasteiger partial charge in [-0.05, 0) is 37.5 Å². The van der Waals surface area contributed by atoms with E-state index in [1.165, 1.54) is 32.1 Å². The number of anilines is 2. The molecule has 0 spiro atoms. The lowest BCUT2D eigenvalue weighted by Crippen LogP contribution is -2.29. The molecule has 2 N–H and O–H groups in total. The molecule has 0 unspecified atom stereocenters. The zero-order valence-electron chi connectivity index (χ0n) is 13.3. The quantitative estimate of drug-likeness (QED) is 0.828. The van der Waals surface area contributed by atoms with Gasteiger partial charge in [0.25, 0.3) is 0 Å². The van der Waals surface area contributed by atoms with Crippen molar-refractivity contribution in [3.63, 3.8) is 0 Å². The largest absolute Gasteiger partial charge is 0.369 e. The first-order valence-electron chi connectivity index (χ1n) is 7.80. The second-order valence-electron chi connectivity index (χ2n) is 6.63. The Balaban J connectivity index is 2.06. The molecular formula is C16H28N4. The fourth-order valence-corrected chi connectivity index (χ4v) is 3.46. The van der Waals surface area contributed by atoms with Crippen molar-refractivity contribution in [2.45, 2.75) is 52.9 Å². The molecule has 0 bridgehead atoms. The highest BCUT2D eigenvalue weighted by atomic mass is 15.1. The molecule has 0 saturated heterocycles. The van der Waals surface area contributed by atoms with Gasteiger partial charge in [0.05, 0.1) is 0 Å². The Hall–Kier alpha value is -1.32. The Bertz CT molecular complexity index is 436. The maximum Gasteiger partial charge on any atom is 0.224 e. The van der Waals surface area contributed by atoms with Gasteiger partial charge in [-0.3, -0.25) is 0 Å². The maximum atomic E-state index is 4.53. The van der Waals surface area contributed by atoms with E-state index in [1.807, 2.05) is 13.2 Å². The maximum absolute atomic E-state index is 4.53. The van der Waals surface area contributed by atoms with Gasteiger partial charge in [-0.25, -0.2) is 4.98 Å². The fourth-order valence-electron chi connectivity index (χ4n) is 3.46. The number of nitrogens with one attached hydrogen (secondary N) is 2. The molecule has 1 aliphatic rings. The lowest BCUT2D eigenvalue weighted by molar-refractivity contribution is 0.252. The molecule has 0 atom stereocenters. The van der Waals surface area contributed by atoms with Crippen LogP contribution in [0.3, 0.4) is 0 Å². The van der Waals surface area contributed by atoms with Crippen LogP contribution in [0.15, 0.2) is 6.20 Å². The van der Waals surface area contributed by atoms with Crippen LogP contribution in [0.2, 0.25) is 0 Å². The number of hydrogen-bond donors (Lipinski definition) is 2. The summed E-state index contributed by atoms with van der Waals surface area (Å²) in [4.78, 5) is 8.77. The van der Waals surface area contributed by atoms with E-state index in [4.69, 9.17) is 0 Å². The minimum atomic E-state index is 0.464. The molecule has 1 heterocycles. The average molecular weight is 276 g/mol. The van der Waals surface area contributed by atoms with Crippen molar-refractivity contribution < 1.29 is 0 Å². The predicted molar refractivity (Wildman–Crippen MR) is 85.2 cm³/mol. The van der Waals surface area contributed by atoms with Crippen LogP contribution < -0.4 is 10.6 Å². The van der Waals surface area contributed by atoms with Crippen molar-refractivity contribution in [2.24, 2.45) is 11.3 Å². The van der Waals surface area contributed by atoms with Crippen molar-refractivity contribution in [3.05, 3.63) is 11.8 Å². The zero-order chi connectivity index (χ0) is 14.6. The van der Waals surface area contributed by atoms with Crippen molar-refractivity contribution in [1.82, 2.24) is 9.97 Å². The number of nitrogens with zero attached hydrogens (tertiary/aromatic N) is 2. The summed E-state index contributed by atoms with van der Waals surface area (Å²) in [5, 5.41) is 6.59. The number of aryl methyl sites for hydroxylation is 1. The predicted octanol–water partition coefficient (Wildman–Crippen LogP) is 3.85. The normalized spacial score (nSPS) is 17.4. The second-order valence-corrected chi connectivity index (χ2v) is 6.63. The highest BCUT2D eigenvalue weighted by Crippen LogP contribution is 2.43. The molecule has 0 aliphatic heterocycles. The van der Waals surface area contributed by atoms with Gasteiger partial charge in [-0.1, -0.05) is 26.7 Å². The van der Waals surface area contributed by atoms with E-state index < -0.39 is 0 Å². The molecule has 1 aromatic heterocycles. The SMILES string of the molecule is CNc1ncc(C)c(NCC2(CC(C)C)CCCC2)n1. The fraction of sp³-hybridized carbons (Fsp3) is 0.750. The number of rotatable bonds is 6. The van der Waals surface area contributed by atoms with Gasteiger partial charge in [-0.2, -0.15) is 4.98 Å². The number of hydrogen-bond acceptors (Lipinski definition) is 4. The van der Waals surface area contributed by atoms with Gasteiger partial charge in [0.2, 0.25) is 5.95 Å². The summed E-state index contributed by atoms with van der Waals surface area (Å²) in [6, 6.07) is 0. The third kappa shape index (κ3) is 3.62. The molecule has 0 radical (unpaired) electrons. The molecule has 1 saturated carbocycles. The number of aromatic nitrogens is 2. The third-order valence-corrected chi connectivity index (χ3v) is 4.33. The second kappa shape index (κ2) is 6.42. The van der Waals surface area contributed by atoms with Crippen molar-refractivity contribution >= 4 is 11.8 Å². The summed E-state index contributed by atoms with van der Waals surface area (Å²) in [5.74, 6) is 2.41. The standard InChI is InChI=1S/C16H28N4/c1-12(2)9-16(7-5-6-8-16)11-19-14-13(3)10-18-15(17-4)20-14/h10,12H,5-9,11H2,1-4H3,(H2,17,18,19,20). The Kier molecular flexibility index (Phi) is 4.84. The van der Waals surface area contributed by atoms with Gasteiger partial charge >= 0.3 is 0 Å². The summed E-state index contributed by atoms with van der Waals surface area (Å²) in [6.07, 6.45) is 8.63. The molecule has 112 valence electrons. The Morgan fingerprint density at radius 1 is 1.30 bits per heavy atom. The van der Waals surface area contributed by atoms with Crippen LogP contribution in [0.5, 0.6) is 0 Å². The first-order chi connectivity index (χ1) is 9.54. The van der Waals surface area contributed by atoms with Gasteiger partial charge < -0.3 is 10.6 Å². The Morgan fingerprint density at radius 3 is 2.60 bits per heavy atom. The van der Waals surface area contributed by atoms with E-state index in [-0.39, 0.29) is 0 Å². The highest BCUT2D eigenvalue weighted by molar-refractivity contribution is 5.46. The van der Waals surface area contributed by atoms with Gasteiger partial charge in [0.15, 0.2) is 0 Å². The lowest BCUT2D eigenvalue weighted by atomic mass is 9.78. The average Bonchev–Trinajstić information content (AvgIpc) is 2.86. The summed E-state index contributed by atoms with van der Waals surface area (Å²) in [5.41, 5.74) is 1.58. The van der Waals surface area contributed by atoms with E-state index in [0.29, 0.717) is 11.4 Å². The molecule has 0 aromatic carbocycles. The van der Waals surface area contributed by atoms with E-state index in [1.54, 1.807) is 0 Å². The molecule has 1 fully saturated rings. The first-order valence-corrected chi connectivity index (χ1v) is 7.80. The van der Waals surface area contributed by atoms with Crippen LogP contribution in [0.1, 0.15) is 51.5 Å². The Morgan fingerprint density at radius 2 is 2.00 bits per heavy atom. The van der Waals surface area contributed by atoms with E-state index in [2.05, 4.69) is 41.4 Å². The summed E-state index contributed by atoms with van der Waals surface area (Å²) in [7, 11) is 1.85. The molecule has 2 rings (SSSR count). The monoisotopic (exact) mass is 276 g/mol. The van der Waals surface area contributed by atoms with Crippen molar-refractivity contribution in [1.29, 1.82) is 0 Å². The van der Waals surface area contributed by atoms with E-state index in [0.717, 1.165) is 23.8 Å². The molecule has 1 aliphatic carbocycles. The first kappa shape index (κ1) is 15.1. The van der Waals surface area contributed by atoms with Gasteiger partial charge in [0.1, 0.15) is 5.82 Å². The molecular weight excluding hydrogens is 248 g/mol. The topological polar surface area (TPSA) is 49.8 Å². The smallest absolute Gasteiger partial charge is 0.224 e. The minimum Gasteiger partial charge on any atom is -0.369 e.